The largest absolute Gasteiger partial charge is 0.506 e. The van der Waals surface area contributed by atoms with Crippen molar-refractivity contribution in [1.29, 1.82) is 0 Å². The third-order valence-electron chi connectivity index (χ3n) is 3.14. The molecule has 0 aromatic heterocycles. The van der Waals surface area contributed by atoms with E-state index in [9.17, 15) is 5.11 Å². The lowest BCUT2D eigenvalue weighted by Gasteiger charge is -2.03. The quantitative estimate of drug-likeness (QED) is 0.613. The Labute approximate surface area is 132 Å². The van der Waals surface area contributed by atoms with Gasteiger partial charge < -0.3 is 5.11 Å². The average molecular weight is 316 g/mol. The molecule has 0 aliphatic carbocycles. The molecular weight excluding hydrogens is 305 g/mol. The van der Waals surface area contributed by atoms with Crippen LogP contribution in [0, 0.1) is 0 Å². The Balaban J connectivity index is 1.98. The number of benzene rings is 3. The topological polar surface area (TPSA) is 32.6 Å². The van der Waals surface area contributed by atoms with E-state index in [0.29, 0.717) is 10.6 Å². The van der Waals surface area contributed by atoms with Gasteiger partial charge in [0.1, 0.15) is 5.75 Å². The zero-order chi connectivity index (χ0) is 14.8. The highest BCUT2D eigenvalue weighted by Crippen LogP contribution is 2.30. The zero-order valence-electron chi connectivity index (χ0n) is 10.9. The molecule has 0 spiro atoms. The number of rotatable bonds is 2. The molecule has 2 nitrogen and oxygen atoms in total. The summed E-state index contributed by atoms with van der Waals surface area (Å²) in [6, 6.07) is 17.1. The van der Waals surface area contributed by atoms with Gasteiger partial charge in [0.05, 0.1) is 10.7 Å². The van der Waals surface area contributed by atoms with Crippen LogP contribution in [0.25, 0.3) is 10.8 Å². The van der Waals surface area contributed by atoms with Gasteiger partial charge in [-0.3, -0.25) is 4.99 Å². The van der Waals surface area contributed by atoms with Gasteiger partial charge in [0.2, 0.25) is 0 Å². The average Bonchev–Trinajstić information content (AvgIpc) is 2.49. The van der Waals surface area contributed by atoms with E-state index in [1.165, 1.54) is 6.07 Å². The number of aliphatic imine (C=N–C) groups is 1. The van der Waals surface area contributed by atoms with Crippen LogP contribution in [0.2, 0.25) is 10.0 Å². The summed E-state index contributed by atoms with van der Waals surface area (Å²) in [6.07, 6.45) is 1.55. The maximum Gasteiger partial charge on any atom is 0.143 e. The van der Waals surface area contributed by atoms with Crippen LogP contribution in [-0.4, -0.2) is 11.3 Å². The predicted octanol–water partition coefficient (Wildman–Crippen LogP) is 5.60. The number of phenols is 1. The number of halogens is 2. The molecule has 0 atom stereocenters. The first-order chi connectivity index (χ1) is 10.1. The third-order valence-corrected chi connectivity index (χ3v) is 3.65. The molecule has 4 heteroatoms. The van der Waals surface area contributed by atoms with Gasteiger partial charge in [-0.2, -0.15) is 0 Å². The van der Waals surface area contributed by atoms with Crippen LogP contribution in [0.3, 0.4) is 0 Å². The van der Waals surface area contributed by atoms with Crippen molar-refractivity contribution < 1.29 is 5.11 Å². The molecule has 0 aliphatic heterocycles. The lowest BCUT2D eigenvalue weighted by molar-refractivity contribution is 0.475. The van der Waals surface area contributed by atoms with Crippen LogP contribution in [0.1, 0.15) is 5.56 Å². The summed E-state index contributed by atoms with van der Waals surface area (Å²) < 4.78 is 0. The first kappa shape index (κ1) is 13.9. The van der Waals surface area contributed by atoms with Crippen LogP contribution in [0.4, 0.5) is 5.69 Å². The smallest absolute Gasteiger partial charge is 0.143 e. The minimum Gasteiger partial charge on any atom is -0.506 e. The fourth-order valence-corrected chi connectivity index (χ4v) is 2.59. The molecule has 3 aromatic carbocycles. The van der Waals surface area contributed by atoms with Crippen molar-refractivity contribution in [1.82, 2.24) is 0 Å². The van der Waals surface area contributed by atoms with Gasteiger partial charge in [-0.1, -0.05) is 53.5 Å². The normalized spacial score (nSPS) is 11.3. The van der Waals surface area contributed by atoms with E-state index < -0.39 is 0 Å². The number of phenolic OH excluding ortho intramolecular Hbond substituents is 1. The summed E-state index contributed by atoms with van der Waals surface area (Å²) in [6.45, 7) is 0. The minimum atomic E-state index is -0.0226. The van der Waals surface area contributed by atoms with E-state index in [-0.39, 0.29) is 10.8 Å². The van der Waals surface area contributed by atoms with Gasteiger partial charge in [-0.05, 0) is 35.0 Å². The maximum atomic E-state index is 9.89. The Bertz CT molecular complexity index is 843. The highest BCUT2D eigenvalue weighted by atomic mass is 35.5. The molecule has 0 heterocycles. The summed E-state index contributed by atoms with van der Waals surface area (Å²) >= 11 is 11.8. The molecule has 3 aromatic rings. The monoisotopic (exact) mass is 315 g/mol. The molecule has 3 rings (SSSR count). The number of nitrogens with zero attached hydrogens (tertiary/aromatic N) is 1. The Morgan fingerprint density at radius 2 is 1.67 bits per heavy atom. The van der Waals surface area contributed by atoms with E-state index in [1.54, 1.807) is 12.3 Å². The van der Waals surface area contributed by atoms with E-state index >= 15 is 0 Å². The molecule has 0 amide bonds. The first-order valence-corrected chi connectivity index (χ1v) is 7.10. The summed E-state index contributed by atoms with van der Waals surface area (Å²) in [5, 5.41) is 12.8. The SMILES string of the molecule is Oc1c(Cl)cc(Cl)cc1C=Nc1ccc2ccccc2c1. The highest BCUT2D eigenvalue weighted by molar-refractivity contribution is 6.36. The Hall–Kier alpha value is -2.03. The van der Waals surface area contributed by atoms with E-state index in [2.05, 4.69) is 4.99 Å². The predicted molar refractivity (Wildman–Crippen MR) is 89.3 cm³/mol. The van der Waals surface area contributed by atoms with Crippen LogP contribution in [0.5, 0.6) is 5.75 Å². The van der Waals surface area contributed by atoms with Gasteiger partial charge in [0.15, 0.2) is 0 Å². The number of hydrogen-bond donors (Lipinski definition) is 1. The standard InChI is InChI=1S/C17H11Cl2NO/c18-14-7-13(17(21)16(19)9-14)10-20-15-6-5-11-3-1-2-4-12(11)8-15/h1-10,21H. The van der Waals surface area contributed by atoms with Crippen molar-refractivity contribution in [3.63, 3.8) is 0 Å². The van der Waals surface area contributed by atoms with Crippen LogP contribution < -0.4 is 0 Å². The number of hydrogen-bond acceptors (Lipinski definition) is 2. The Kier molecular flexibility index (Phi) is 3.82. The van der Waals surface area contributed by atoms with E-state index in [4.69, 9.17) is 23.2 Å². The van der Waals surface area contributed by atoms with Gasteiger partial charge in [0.25, 0.3) is 0 Å². The summed E-state index contributed by atoms with van der Waals surface area (Å²) in [7, 11) is 0. The lowest BCUT2D eigenvalue weighted by atomic mass is 10.1. The molecule has 1 N–H and O–H groups in total. The van der Waals surface area contributed by atoms with Crippen LogP contribution in [-0.2, 0) is 0 Å². The second kappa shape index (κ2) is 5.76. The minimum absolute atomic E-state index is 0.0226. The van der Waals surface area contributed by atoms with E-state index in [0.717, 1.165) is 16.5 Å². The molecule has 0 saturated heterocycles. The van der Waals surface area contributed by atoms with Gasteiger partial charge in [0, 0.05) is 16.8 Å². The van der Waals surface area contributed by atoms with Gasteiger partial charge >= 0.3 is 0 Å². The number of fused-ring (bicyclic) bond motifs is 1. The van der Waals surface area contributed by atoms with Crippen molar-refractivity contribution in [2.75, 3.05) is 0 Å². The summed E-state index contributed by atoms with van der Waals surface area (Å²) in [5.41, 5.74) is 1.28. The second-order valence-corrected chi connectivity index (χ2v) is 5.46. The molecular formula is C17H11Cl2NO. The zero-order valence-corrected chi connectivity index (χ0v) is 12.4. The number of aromatic hydroxyl groups is 1. The van der Waals surface area contributed by atoms with Crippen molar-refractivity contribution in [2.45, 2.75) is 0 Å². The van der Waals surface area contributed by atoms with Crippen molar-refractivity contribution in [2.24, 2.45) is 4.99 Å². The highest BCUT2D eigenvalue weighted by Gasteiger charge is 2.05. The van der Waals surface area contributed by atoms with Crippen LogP contribution in [0.15, 0.2) is 59.6 Å². The fourth-order valence-electron chi connectivity index (χ4n) is 2.09. The molecule has 21 heavy (non-hydrogen) atoms. The first-order valence-electron chi connectivity index (χ1n) is 6.34. The van der Waals surface area contributed by atoms with Crippen molar-refractivity contribution in [3.05, 3.63) is 70.2 Å². The van der Waals surface area contributed by atoms with Gasteiger partial charge in [-0.15, -0.1) is 0 Å². The molecule has 0 saturated carbocycles. The fraction of sp³-hybridized carbons (Fsp3) is 0. The van der Waals surface area contributed by atoms with Crippen molar-refractivity contribution in [3.8, 4) is 5.75 Å². The molecule has 0 fully saturated rings. The molecule has 104 valence electrons. The van der Waals surface area contributed by atoms with Crippen molar-refractivity contribution >= 4 is 45.9 Å². The van der Waals surface area contributed by atoms with Gasteiger partial charge in [-0.25, -0.2) is 0 Å². The third kappa shape index (κ3) is 3.02. The molecule has 0 bridgehead atoms. The second-order valence-electron chi connectivity index (χ2n) is 4.62. The van der Waals surface area contributed by atoms with E-state index in [1.807, 2.05) is 42.5 Å². The summed E-state index contributed by atoms with van der Waals surface area (Å²) in [5.74, 6) is -0.0226. The van der Waals surface area contributed by atoms with Crippen LogP contribution >= 0.6 is 23.2 Å². The molecule has 0 unspecified atom stereocenters. The lowest BCUT2D eigenvalue weighted by Crippen LogP contribution is -1.84. The summed E-state index contributed by atoms with van der Waals surface area (Å²) in [4.78, 5) is 4.37. The maximum absolute atomic E-state index is 9.89. The Morgan fingerprint density at radius 3 is 2.48 bits per heavy atom. The Morgan fingerprint density at radius 1 is 0.905 bits per heavy atom. The molecule has 0 aliphatic rings. The molecule has 0 radical (unpaired) electrons.